The van der Waals surface area contributed by atoms with Crippen LogP contribution in [0.4, 0.5) is 22.7 Å². The highest BCUT2D eigenvalue weighted by Gasteiger charge is 2.14. The summed E-state index contributed by atoms with van der Waals surface area (Å²) in [6.45, 7) is 8.90. The summed E-state index contributed by atoms with van der Waals surface area (Å²) in [5, 5.41) is 14.0. The predicted octanol–water partition coefficient (Wildman–Crippen LogP) is 4.20. The lowest BCUT2D eigenvalue weighted by Gasteiger charge is -2.08. The van der Waals surface area contributed by atoms with Crippen LogP contribution in [-0.2, 0) is 0 Å². The fourth-order valence-corrected chi connectivity index (χ4v) is 1.73. The van der Waals surface area contributed by atoms with Crippen LogP contribution in [0.5, 0.6) is 0 Å². The average molecular weight is 253 g/mol. The highest BCUT2D eigenvalue weighted by atomic mass is 16.6. The van der Waals surface area contributed by atoms with E-state index in [1.54, 1.807) is 0 Å². The molecule has 0 saturated heterocycles. The Morgan fingerprint density at radius 2 is 2.05 bits per heavy atom. The van der Waals surface area contributed by atoms with Gasteiger partial charge in [-0.3, -0.25) is 10.1 Å². The van der Waals surface area contributed by atoms with Crippen molar-refractivity contribution in [3.8, 4) is 0 Å². The van der Waals surface area contributed by atoms with Gasteiger partial charge < -0.3 is 5.32 Å². The van der Waals surface area contributed by atoms with Gasteiger partial charge in [-0.2, -0.15) is 0 Å². The third kappa shape index (κ3) is 2.87. The summed E-state index contributed by atoms with van der Waals surface area (Å²) < 4.78 is 0. The molecule has 0 amide bonds. The molecule has 0 aliphatic rings. The van der Waals surface area contributed by atoms with E-state index in [1.807, 2.05) is 31.2 Å². The SMILES string of the molecule is [C-]#[N+]c1ccc([N+](=O)[O-])c(Nc2cccc(C)c2)c1. The minimum Gasteiger partial charge on any atom is -0.351 e. The van der Waals surface area contributed by atoms with Crippen LogP contribution >= 0.6 is 0 Å². The molecule has 0 unspecified atom stereocenters. The number of benzene rings is 2. The molecule has 2 aromatic carbocycles. The van der Waals surface area contributed by atoms with Crippen LogP contribution in [0.1, 0.15) is 5.56 Å². The molecule has 5 nitrogen and oxygen atoms in total. The van der Waals surface area contributed by atoms with E-state index in [9.17, 15) is 10.1 Å². The number of anilines is 2. The van der Waals surface area contributed by atoms with Gasteiger partial charge in [0, 0.05) is 11.8 Å². The van der Waals surface area contributed by atoms with Crippen molar-refractivity contribution in [1.29, 1.82) is 0 Å². The molecule has 5 heteroatoms. The Balaban J connectivity index is 2.43. The Bertz CT molecular complexity index is 675. The third-order valence-electron chi connectivity index (χ3n) is 2.60. The zero-order chi connectivity index (χ0) is 13.8. The lowest BCUT2D eigenvalue weighted by atomic mass is 10.2. The summed E-state index contributed by atoms with van der Waals surface area (Å²) >= 11 is 0. The first kappa shape index (κ1) is 12.6. The quantitative estimate of drug-likeness (QED) is 0.506. The summed E-state index contributed by atoms with van der Waals surface area (Å²) in [6.07, 6.45) is 0. The smallest absolute Gasteiger partial charge is 0.290 e. The van der Waals surface area contributed by atoms with Gasteiger partial charge in [0.15, 0.2) is 5.69 Å². The molecule has 2 rings (SSSR count). The summed E-state index contributed by atoms with van der Waals surface area (Å²) in [7, 11) is 0. The van der Waals surface area contributed by atoms with Gasteiger partial charge in [0.05, 0.1) is 11.5 Å². The Morgan fingerprint density at radius 3 is 2.68 bits per heavy atom. The summed E-state index contributed by atoms with van der Waals surface area (Å²) in [4.78, 5) is 13.8. The number of aryl methyl sites for hydroxylation is 1. The lowest BCUT2D eigenvalue weighted by Crippen LogP contribution is -1.96. The van der Waals surface area contributed by atoms with Crippen LogP contribution in [0.2, 0.25) is 0 Å². The Morgan fingerprint density at radius 1 is 1.26 bits per heavy atom. The molecule has 0 aliphatic carbocycles. The van der Waals surface area contributed by atoms with Crippen LogP contribution in [0.15, 0.2) is 42.5 Å². The molecule has 0 aromatic heterocycles. The van der Waals surface area contributed by atoms with E-state index < -0.39 is 4.92 Å². The fourth-order valence-electron chi connectivity index (χ4n) is 1.73. The molecule has 0 fully saturated rings. The highest BCUT2D eigenvalue weighted by molar-refractivity contribution is 5.74. The van der Waals surface area contributed by atoms with Crippen molar-refractivity contribution in [3.05, 3.63) is 69.6 Å². The topological polar surface area (TPSA) is 59.5 Å². The van der Waals surface area contributed by atoms with Gasteiger partial charge in [-0.15, -0.1) is 0 Å². The molecule has 94 valence electrons. The second-order valence-electron chi connectivity index (χ2n) is 4.06. The molecule has 0 spiro atoms. The molecule has 0 heterocycles. The molecule has 19 heavy (non-hydrogen) atoms. The van der Waals surface area contributed by atoms with E-state index in [0.717, 1.165) is 11.3 Å². The van der Waals surface area contributed by atoms with E-state index in [2.05, 4.69) is 10.2 Å². The zero-order valence-electron chi connectivity index (χ0n) is 10.3. The second kappa shape index (κ2) is 5.19. The van der Waals surface area contributed by atoms with Crippen molar-refractivity contribution >= 4 is 22.7 Å². The van der Waals surface area contributed by atoms with Crippen LogP contribution < -0.4 is 5.32 Å². The Hall–Kier alpha value is -2.87. The third-order valence-corrected chi connectivity index (χ3v) is 2.60. The molecular weight excluding hydrogens is 242 g/mol. The van der Waals surface area contributed by atoms with Gasteiger partial charge in [-0.1, -0.05) is 12.1 Å². The van der Waals surface area contributed by atoms with Crippen molar-refractivity contribution in [2.75, 3.05) is 5.32 Å². The van der Waals surface area contributed by atoms with Crippen molar-refractivity contribution in [3.63, 3.8) is 0 Å². The molecular formula is C14H11N3O2. The number of nitrogens with one attached hydrogen (secondary N) is 1. The first-order valence-corrected chi connectivity index (χ1v) is 5.60. The highest BCUT2D eigenvalue weighted by Crippen LogP contribution is 2.31. The number of rotatable bonds is 3. The monoisotopic (exact) mass is 253 g/mol. The Kier molecular flexibility index (Phi) is 3.44. The number of nitro benzene ring substituents is 1. The van der Waals surface area contributed by atoms with Gasteiger partial charge in [0.2, 0.25) is 0 Å². The average Bonchev–Trinajstić information content (AvgIpc) is 2.38. The van der Waals surface area contributed by atoms with Crippen molar-refractivity contribution in [1.82, 2.24) is 0 Å². The fraction of sp³-hybridized carbons (Fsp3) is 0.0714. The molecule has 1 N–H and O–H groups in total. The predicted molar refractivity (Wildman–Crippen MR) is 73.8 cm³/mol. The normalized spacial score (nSPS) is 9.68. The molecule has 0 aliphatic heterocycles. The number of nitrogens with zero attached hydrogens (tertiary/aromatic N) is 2. The molecule has 0 radical (unpaired) electrons. The van der Waals surface area contributed by atoms with Crippen LogP contribution in [-0.4, -0.2) is 4.92 Å². The number of hydrogen-bond acceptors (Lipinski definition) is 3. The number of hydrogen-bond donors (Lipinski definition) is 1. The maximum atomic E-state index is 11.0. The zero-order valence-corrected chi connectivity index (χ0v) is 10.3. The van der Waals surface area contributed by atoms with Gasteiger partial charge >= 0.3 is 0 Å². The molecule has 0 saturated carbocycles. The van der Waals surface area contributed by atoms with Gasteiger partial charge in [-0.05, 0) is 36.8 Å². The largest absolute Gasteiger partial charge is 0.351 e. The van der Waals surface area contributed by atoms with Gasteiger partial charge in [0.1, 0.15) is 5.69 Å². The van der Waals surface area contributed by atoms with Gasteiger partial charge in [-0.25, -0.2) is 4.85 Å². The van der Waals surface area contributed by atoms with Crippen molar-refractivity contribution in [2.45, 2.75) is 6.92 Å². The first-order valence-electron chi connectivity index (χ1n) is 5.60. The van der Waals surface area contributed by atoms with Crippen LogP contribution in [0, 0.1) is 23.6 Å². The van der Waals surface area contributed by atoms with Crippen LogP contribution in [0.3, 0.4) is 0 Å². The molecule has 0 atom stereocenters. The maximum Gasteiger partial charge on any atom is 0.290 e. The van der Waals surface area contributed by atoms with Crippen LogP contribution in [0.25, 0.3) is 4.85 Å². The second-order valence-corrected chi connectivity index (χ2v) is 4.06. The first-order chi connectivity index (χ1) is 9.10. The van der Waals surface area contributed by atoms with Gasteiger partial charge in [0.25, 0.3) is 5.69 Å². The van der Waals surface area contributed by atoms with E-state index in [4.69, 9.17) is 6.57 Å². The summed E-state index contributed by atoms with van der Waals surface area (Å²) in [5.74, 6) is 0. The molecule has 2 aromatic rings. The number of nitro groups is 1. The van der Waals surface area contributed by atoms with Crippen molar-refractivity contribution in [2.24, 2.45) is 0 Å². The summed E-state index contributed by atoms with van der Waals surface area (Å²) in [5.41, 5.74) is 2.44. The van der Waals surface area contributed by atoms with E-state index in [0.29, 0.717) is 11.4 Å². The minimum atomic E-state index is -0.466. The summed E-state index contributed by atoms with van der Waals surface area (Å²) in [6, 6.07) is 11.8. The minimum absolute atomic E-state index is 0.0473. The van der Waals surface area contributed by atoms with E-state index in [-0.39, 0.29) is 5.69 Å². The van der Waals surface area contributed by atoms with E-state index >= 15 is 0 Å². The molecule has 0 bridgehead atoms. The van der Waals surface area contributed by atoms with E-state index in [1.165, 1.54) is 18.2 Å². The lowest BCUT2D eigenvalue weighted by molar-refractivity contribution is -0.383. The maximum absolute atomic E-state index is 11.0. The van der Waals surface area contributed by atoms with Crippen molar-refractivity contribution < 1.29 is 4.92 Å². The Labute approximate surface area is 110 Å². The standard InChI is InChI=1S/C14H11N3O2/c1-10-4-3-5-12(8-10)16-13-9-11(15-2)6-7-14(13)17(18)19/h3-9,16H,1H3.